The number of hydrogen-bond donors (Lipinski definition) is 2. The van der Waals surface area contributed by atoms with Gasteiger partial charge in [0.25, 0.3) is 0 Å². The number of halogens is 2. The molecule has 0 aromatic rings. The normalized spacial score (nSPS) is 36.0. The predicted octanol–water partition coefficient (Wildman–Crippen LogP) is 2.10. The summed E-state index contributed by atoms with van der Waals surface area (Å²) in [7, 11) is 2.26. The fourth-order valence-corrected chi connectivity index (χ4v) is 4.11. The highest BCUT2D eigenvalue weighted by Crippen LogP contribution is 2.32. The number of piperidine rings is 3. The molecule has 0 aromatic carbocycles. The summed E-state index contributed by atoms with van der Waals surface area (Å²) in [5.74, 6) is 0.243. The first-order chi connectivity index (χ1) is 9.24. The van der Waals surface area contributed by atoms with Gasteiger partial charge in [0.2, 0.25) is 5.91 Å². The molecule has 3 rings (SSSR count). The van der Waals surface area contributed by atoms with E-state index in [0.717, 1.165) is 25.8 Å². The van der Waals surface area contributed by atoms with E-state index < -0.39 is 0 Å². The minimum Gasteiger partial charge on any atom is -0.352 e. The molecular weight excluding hydrogens is 309 g/mol. The van der Waals surface area contributed by atoms with Crippen LogP contribution in [0.2, 0.25) is 0 Å². The van der Waals surface area contributed by atoms with Crippen LogP contribution in [-0.2, 0) is 4.79 Å². The van der Waals surface area contributed by atoms with E-state index >= 15 is 0 Å². The summed E-state index contributed by atoms with van der Waals surface area (Å²) < 4.78 is 0. The maximum absolute atomic E-state index is 12.3. The quantitative estimate of drug-likeness (QED) is 0.811. The number of nitrogens with one attached hydrogen (secondary N) is 2. The van der Waals surface area contributed by atoms with Crippen molar-refractivity contribution in [2.24, 2.45) is 0 Å². The van der Waals surface area contributed by atoms with Gasteiger partial charge in [-0.2, -0.15) is 0 Å². The number of carbonyl (C=O) groups excluding carboxylic acids is 1. The van der Waals surface area contributed by atoms with Gasteiger partial charge < -0.3 is 15.5 Å². The zero-order chi connectivity index (χ0) is 13.2. The summed E-state index contributed by atoms with van der Waals surface area (Å²) in [6.07, 6.45) is 9.67. The first-order valence-corrected chi connectivity index (χ1v) is 8.00. The molecule has 2 bridgehead atoms. The summed E-state index contributed by atoms with van der Waals surface area (Å²) in [5.41, 5.74) is 0. The van der Waals surface area contributed by atoms with Crippen molar-refractivity contribution >= 4 is 30.7 Å². The standard InChI is InChI=1S/C15H27N3O.2ClH/c1-18-12-5-4-6-13(18)10-11(9-12)17-15(19)14-7-2-3-8-16-14;;/h11-14,16H,2-10H2,1H3,(H,17,19);2*1H/t11?,12?,13?,14-;;/m0../s1. The number of fused-ring (bicyclic) bond motifs is 2. The highest BCUT2D eigenvalue weighted by Gasteiger charge is 2.37. The van der Waals surface area contributed by atoms with Crippen molar-refractivity contribution in [3.63, 3.8) is 0 Å². The Labute approximate surface area is 140 Å². The van der Waals surface area contributed by atoms with Crippen molar-refractivity contribution < 1.29 is 4.79 Å². The minimum absolute atomic E-state index is 0. The van der Waals surface area contributed by atoms with Gasteiger partial charge in [-0.05, 0) is 52.1 Å². The molecule has 3 atom stereocenters. The Balaban J connectivity index is 0.00000110. The number of hydrogen-bond acceptors (Lipinski definition) is 3. The fourth-order valence-electron chi connectivity index (χ4n) is 4.11. The van der Waals surface area contributed by atoms with E-state index in [0.29, 0.717) is 18.1 Å². The van der Waals surface area contributed by atoms with E-state index in [1.807, 2.05) is 0 Å². The maximum atomic E-state index is 12.3. The molecule has 3 fully saturated rings. The van der Waals surface area contributed by atoms with Crippen LogP contribution in [0.25, 0.3) is 0 Å². The topological polar surface area (TPSA) is 44.4 Å². The third-order valence-electron chi connectivity index (χ3n) is 5.31. The molecule has 4 nitrogen and oxygen atoms in total. The van der Waals surface area contributed by atoms with Gasteiger partial charge in [0.1, 0.15) is 0 Å². The molecule has 124 valence electrons. The lowest BCUT2D eigenvalue weighted by Crippen LogP contribution is -2.57. The van der Waals surface area contributed by atoms with E-state index in [9.17, 15) is 4.79 Å². The average Bonchev–Trinajstić information content (AvgIpc) is 2.41. The van der Waals surface area contributed by atoms with Crippen molar-refractivity contribution in [2.75, 3.05) is 13.6 Å². The van der Waals surface area contributed by atoms with Gasteiger partial charge in [0.15, 0.2) is 0 Å². The van der Waals surface area contributed by atoms with Gasteiger partial charge in [-0.25, -0.2) is 0 Å². The highest BCUT2D eigenvalue weighted by atomic mass is 35.5. The van der Waals surface area contributed by atoms with E-state index in [1.165, 1.54) is 32.1 Å². The van der Waals surface area contributed by atoms with E-state index in [4.69, 9.17) is 0 Å². The Morgan fingerprint density at radius 2 is 1.71 bits per heavy atom. The third-order valence-corrected chi connectivity index (χ3v) is 5.31. The van der Waals surface area contributed by atoms with Gasteiger partial charge in [-0.1, -0.05) is 12.8 Å². The summed E-state index contributed by atoms with van der Waals surface area (Å²) in [6, 6.07) is 1.85. The molecule has 3 saturated heterocycles. The molecular formula is C15H29Cl2N3O. The zero-order valence-corrected chi connectivity index (χ0v) is 14.5. The van der Waals surface area contributed by atoms with Crippen LogP contribution in [0.1, 0.15) is 51.4 Å². The number of carbonyl (C=O) groups is 1. The molecule has 6 heteroatoms. The molecule has 0 radical (unpaired) electrons. The van der Waals surface area contributed by atoms with Gasteiger partial charge in [-0.3, -0.25) is 4.79 Å². The zero-order valence-electron chi connectivity index (χ0n) is 12.8. The Bertz CT molecular complexity index is 323. The van der Waals surface area contributed by atoms with E-state index in [1.54, 1.807) is 0 Å². The molecule has 3 aliphatic rings. The molecule has 21 heavy (non-hydrogen) atoms. The predicted molar refractivity (Wildman–Crippen MR) is 90.5 cm³/mol. The second-order valence-corrected chi connectivity index (χ2v) is 6.58. The average molecular weight is 338 g/mol. The molecule has 2 unspecified atom stereocenters. The van der Waals surface area contributed by atoms with Crippen molar-refractivity contribution in [1.82, 2.24) is 15.5 Å². The molecule has 0 aliphatic carbocycles. The van der Waals surface area contributed by atoms with Gasteiger partial charge in [-0.15, -0.1) is 24.8 Å². The van der Waals surface area contributed by atoms with Crippen molar-refractivity contribution in [3.05, 3.63) is 0 Å². The Morgan fingerprint density at radius 1 is 1.05 bits per heavy atom. The van der Waals surface area contributed by atoms with Gasteiger partial charge in [0, 0.05) is 18.1 Å². The molecule has 1 amide bonds. The largest absolute Gasteiger partial charge is 0.352 e. The summed E-state index contributed by atoms with van der Waals surface area (Å²) in [4.78, 5) is 14.8. The Morgan fingerprint density at radius 3 is 2.29 bits per heavy atom. The van der Waals surface area contributed by atoms with Crippen molar-refractivity contribution in [1.29, 1.82) is 0 Å². The fraction of sp³-hybridized carbons (Fsp3) is 0.933. The van der Waals surface area contributed by atoms with E-state index in [2.05, 4.69) is 22.6 Å². The molecule has 2 N–H and O–H groups in total. The lowest BCUT2D eigenvalue weighted by Gasteiger charge is -2.47. The van der Waals surface area contributed by atoms with Crippen LogP contribution in [0.15, 0.2) is 0 Å². The lowest BCUT2D eigenvalue weighted by atomic mass is 9.82. The third kappa shape index (κ3) is 4.47. The van der Waals surface area contributed by atoms with Crippen LogP contribution in [0, 0.1) is 0 Å². The van der Waals surface area contributed by atoms with Crippen LogP contribution in [-0.4, -0.2) is 48.6 Å². The Kier molecular flexibility index (Phi) is 7.75. The number of rotatable bonds is 2. The van der Waals surface area contributed by atoms with Crippen molar-refractivity contribution in [2.45, 2.75) is 75.5 Å². The number of nitrogens with zero attached hydrogens (tertiary/aromatic N) is 1. The molecule has 3 heterocycles. The number of amides is 1. The molecule has 0 aromatic heterocycles. The SMILES string of the molecule is CN1C2CCCC1CC(NC(=O)[C@@H]1CCCCN1)C2.Cl.Cl. The second-order valence-electron chi connectivity index (χ2n) is 6.58. The van der Waals surface area contributed by atoms with Crippen LogP contribution >= 0.6 is 24.8 Å². The van der Waals surface area contributed by atoms with Crippen LogP contribution in [0.4, 0.5) is 0 Å². The summed E-state index contributed by atoms with van der Waals surface area (Å²) in [6.45, 7) is 0.997. The summed E-state index contributed by atoms with van der Waals surface area (Å²) in [5, 5.41) is 6.65. The monoisotopic (exact) mass is 337 g/mol. The van der Waals surface area contributed by atoms with Gasteiger partial charge >= 0.3 is 0 Å². The Hall–Kier alpha value is -0.0300. The van der Waals surface area contributed by atoms with Crippen LogP contribution < -0.4 is 10.6 Å². The van der Waals surface area contributed by atoms with E-state index in [-0.39, 0.29) is 36.8 Å². The smallest absolute Gasteiger partial charge is 0.237 e. The maximum Gasteiger partial charge on any atom is 0.237 e. The first-order valence-electron chi connectivity index (χ1n) is 8.00. The first kappa shape index (κ1) is 19.0. The molecule has 0 saturated carbocycles. The van der Waals surface area contributed by atoms with Gasteiger partial charge in [0.05, 0.1) is 6.04 Å². The van der Waals surface area contributed by atoms with Crippen molar-refractivity contribution in [3.8, 4) is 0 Å². The highest BCUT2D eigenvalue weighted by molar-refractivity contribution is 5.85. The van der Waals surface area contributed by atoms with Crippen LogP contribution in [0.5, 0.6) is 0 Å². The lowest BCUT2D eigenvalue weighted by molar-refractivity contribution is -0.125. The molecule has 0 spiro atoms. The molecule has 3 aliphatic heterocycles. The minimum atomic E-state index is 0. The second kappa shape index (κ2) is 8.56. The van der Waals surface area contributed by atoms with Crippen LogP contribution in [0.3, 0.4) is 0 Å². The summed E-state index contributed by atoms with van der Waals surface area (Å²) >= 11 is 0.